The second-order valence-electron chi connectivity index (χ2n) is 2.82. The zero-order valence-electron chi connectivity index (χ0n) is 7.31. The van der Waals surface area contributed by atoms with Gasteiger partial charge in [-0.05, 0) is 12.5 Å². The van der Waals surface area contributed by atoms with Gasteiger partial charge < -0.3 is 10.2 Å². The van der Waals surface area contributed by atoms with Crippen LogP contribution in [0.5, 0.6) is 0 Å². The van der Waals surface area contributed by atoms with Gasteiger partial charge in [0.1, 0.15) is 11.9 Å². The van der Waals surface area contributed by atoms with E-state index in [1.54, 1.807) is 6.92 Å². The molecule has 1 aromatic rings. The van der Waals surface area contributed by atoms with E-state index >= 15 is 0 Å². The quantitative estimate of drug-likeness (QED) is 0.739. The fourth-order valence-corrected chi connectivity index (χ4v) is 1.06. The van der Waals surface area contributed by atoms with Crippen molar-refractivity contribution in [3.63, 3.8) is 0 Å². The third-order valence-electron chi connectivity index (χ3n) is 1.91. The molecule has 0 aliphatic carbocycles. The Kier molecular flexibility index (Phi) is 3.33. The molecule has 0 aliphatic rings. The normalized spacial score (nSPS) is 15.4. The van der Waals surface area contributed by atoms with Crippen LogP contribution in [-0.4, -0.2) is 21.3 Å². The SMILES string of the molecule is CCC(O)C(O)c1ccncc1F. The van der Waals surface area contributed by atoms with Gasteiger partial charge in [0.15, 0.2) is 0 Å². The summed E-state index contributed by atoms with van der Waals surface area (Å²) in [5.74, 6) is -0.595. The van der Waals surface area contributed by atoms with Gasteiger partial charge in [-0.15, -0.1) is 0 Å². The highest BCUT2D eigenvalue weighted by molar-refractivity contribution is 5.16. The standard InChI is InChI=1S/C9H12FNO2/c1-2-8(12)9(13)6-3-4-11-5-7(6)10/h3-5,8-9,12-13H,2H2,1H3. The summed E-state index contributed by atoms with van der Waals surface area (Å²) >= 11 is 0. The molecule has 0 saturated carbocycles. The number of halogens is 1. The number of aliphatic hydroxyl groups excluding tert-OH is 2. The van der Waals surface area contributed by atoms with Gasteiger partial charge in [0.25, 0.3) is 0 Å². The first kappa shape index (κ1) is 10.1. The van der Waals surface area contributed by atoms with Crippen LogP contribution >= 0.6 is 0 Å². The first-order valence-electron chi connectivity index (χ1n) is 4.12. The van der Waals surface area contributed by atoms with Crippen molar-refractivity contribution >= 4 is 0 Å². The molecule has 2 N–H and O–H groups in total. The highest BCUT2D eigenvalue weighted by atomic mass is 19.1. The summed E-state index contributed by atoms with van der Waals surface area (Å²) in [6, 6.07) is 1.36. The Morgan fingerprint density at radius 2 is 2.23 bits per heavy atom. The molecule has 0 saturated heterocycles. The maximum Gasteiger partial charge on any atom is 0.147 e. The number of rotatable bonds is 3. The predicted octanol–water partition coefficient (Wildman–Crippen LogP) is 1.02. The van der Waals surface area contributed by atoms with E-state index in [0.29, 0.717) is 6.42 Å². The Labute approximate surface area is 75.9 Å². The zero-order chi connectivity index (χ0) is 9.84. The van der Waals surface area contributed by atoms with Crippen LogP contribution < -0.4 is 0 Å². The van der Waals surface area contributed by atoms with E-state index in [9.17, 15) is 14.6 Å². The van der Waals surface area contributed by atoms with Crippen LogP contribution in [0.3, 0.4) is 0 Å². The van der Waals surface area contributed by atoms with Gasteiger partial charge in [-0.3, -0.25) is 4.98 Å². The molecule has 2 unspecified atom stereocenters. The Morgan fingerprint density at radius 1 is 1.54 bits per heavy atom. The third kappa shape index (κ3) is 2.23. The van der Waals surface area contributed by atoms with Crippen molar-refractivity contribution < 1.29 is 14.6 Å². The predicted molar refractivity (Wildman–Crippen MR) is 45.5 cm³/mol. The fraction of sp³-hybridized carbons (Fsp3) is 0.444. The van der Waals surface area contributed by atoms with Crippen LogP contribution in [0.25, 0.3) is 0 Å². The van der Waals surface area contributed by atoms with Crippen molar-refractivity contribution in [2.24, 2.45) is 0 Å². The lowest BCUT2D eigenvalue weighted by Crippen LogP contribution is -2.18. The first-order valence-corrected chi connectivity index (χ1v) is 4.12. The van der Waals surface area contributed by atoms with Gasteiger partial charge >= 0.3 is 0 Å². The highest BCUT2D eigenvalue weighted by Crippen LogP contribution is 2.20. The third-order valence-corrected chi connectivity index (χ3v) is 1.91. The first-order chi connectivity index (χ1) is 6.16. The monoisotopic (exact) mass is 185 g/mol. The van der Waals surface area contributed by atoms with Gasteiger partial charge in [0, 0.05) is 11.8 Å². The lowest BCUT2D eigenvalue weighted by atomic mass is 10.0. The summed E-state index contributed by atoms with van der Waals surface area (Å²) in [5.41, 5.74) is 0.0874. The summed E-state index contributed by atoms with van der Waals surface area (Å²) in [4.78, 5) is 3.54. The van der Waals surface area contributed by atoms with Crippen molar-refractivity contribution in [3.8, 4) is 0 Å². The number of aromatic nitrogens is 1. The van der Waals surface area contributed by atoms with Crippen LogP contribution in [0.15, 0.2) is 18.5 Å². The molecular weight excluding hydrogens is 173 g/mol. The second kappa shape index (κ2) is 4.30. The number of aliphatic hydroxyl groups is 2. The fourth-order valence-electron chi connectivity index (χ4n) is 1.06. The summed E-state index contributed by atoms with van der Waals surface area (Å²) in [6.07, 6.45) is 0.665. The molecule has 2 atom stereocenters. The summed E-state index contributed by atoms with van der Waals surface area (Å²) in [7, 11) is 0. The number of pyridine rings is 1. The average Bonchev–Trinajstić information content (AvgIpc) is 2.16. The van der Waals surface area contributed by atoms with Gasteiger partial charge in [0.05, 0.1) is 12.3 Å². The van der Waals surface area contributed by atoms with Crippen molar-refractivity contribution in [1.29, 1.82) is 0 Å². The Balaban J connectivity index is 2.88. The lowest BCUT2D eigenvalue weighted by molar-refractivity contribution is 0.0143. The summed E-state index contributed by atoms with van der Waals surface area (Å²) in [6.45, 7) is 1.72. The summed E-state index contributed by atoms with van der Waals surface area (Å²) in [5, 5.41) is 18.7. The molecule has 13 heavy (non-hydrogen) atoms. The van der Waals surface area contributed by atoms with Gasteiger partial charge in [-0.1, -0.05) is 6.92 Å². The lowest BCUT2D eigenvalue weighted by Gasteiger charge is -2.16. The molecule has 1 aromatic heterocycles. The molecule has 4 heteroatoms. The van der Waals surface area contributed by atoms with E-state index in [4.69, 9.17) is 0 Å². The largest absolute Gasteiger partial charge is 0.390 e. The molecule has 3 nitrogen and oxygen atoms in total. The Morgan fingerprint density at radius 3 is 2.77 bits per heavy atom. The van der Waals surface area contributed by atoms with Crippen molar-refractivity contribution in [2.45, 2.75) is 25.6 Å². The molecular formula is C9H12FNO2. The highest BCUT2D eigenvalue weighted by Gasteiger charge is 2.19. The van der Waals surface area contributed by atoms with Crippen LogP contribution in [0.2, 0.25) is 0 Å². The molecule has 1 heterocycles. The van der Waals surface area contributed by atoms with E-state index in [2.05, 4.69) is 4.98 Å². The minimum Gasteiger partial charge on any atom is -0.390 e. The van der Waals surface area contributed by atoms with E-state index in [-0.39, 0.29) is 5.56 Å². The summed E-state index contributed by atoms with van der Waals surface area (Å²) < 4.78 is 13.0. The topological polar surface area (TPSA) is 53.4 Å². The molecule has 0 fully saturated rings. The van der Waals surface area contributed by atoms with E-state index < -0.39 is 18.0 Å². The van der Waals surface area contributed by atoms with E-state index in [1.807, 2.05) is 0 Å². The van der Waals surface area contributed by atoms with Crippen molar-refractivity contribution in [2.75, 3.05) is 0 Å². The minimum atomic E-state index is -1.17. The molecule has 1 rings (SSSR count). The maximum atomic E-state index is 13.0. The maximum absolute atomic E-state index is 13.0. The molecule has 72 valence electrons. The Bertz CT molecular complexity index is 280. The van der Waals surface area contributed by atoms with E-state index in [1.165, 1.54) is 12.3 Å². The molecule has 0 bridgehead atoms. The van der Waals surface area contributed by atoms with Gasteiger partial charge in [0.2, 0.25) is 0 Å². The average molecular weight is 185 g/mol. The van der Waals surface area contributed by atoms with Crippen molar-refractivity contribution in [3.05, 3.63) is 29.8 Å². The molecule has 0 spiro atoms. The van der Waals surface area contributed by atoms with Crippen LogP contribution in [0.4, 0.5) is 4.39 Å². The second-order valence-corrected chi connectivity index (χ2v) is 2.82. The van der Waals surface area contributed by atoms with Crippen LogP contribution in [-0.2, 0) is 0 Å². The number of hydrogen-bond acceptors (Lipinski definition) is 3. The van der Waals surface area contributed by atoms with Gasteiger partial charge in [-0.2, -0.15) is 0 Å². The minimum absolute atomic E-state index is 0.0874. The molecule has 0 amide bonds. The molecule has 0 aromatic carbocycles. The Hall–Kier alpha value is -1.00. The molecule has 0 radical (unpaired) electrons. The molecule has 0 aliphatic heterocycles. The van der Waals surface area contributed by atoms with Crippen LogP contribution in [0.1, 0.15) is 25.0 Å². The zero-order valence-corrected chi connectivity index (χ0v) is 7.31. The number of nitrogens with zero attached hydrogens (tertiary/aromatic N) is 1. The van der Waals surface area contributed by atoms with Crippen LogP contribution in [0, 0.1) is 5.82 Å². The smallest absolute Gasteiger partial charge is 0.147 e. The van der Waals surface area contributed by atoms with Crippen molar-refractivity contribution in [1.82, 2.24) is 4.98 Å². The van der Waals surface area contributed by atoms with Gasteiger partial charge in [-0.25, -0.2) is 4.39 Å². The number of hydrogen-bond donors (Lipinski definition) is 2. The van der Waals surface area contributed by atoms with E-state index in [0.717, 1.165) is 6.20 Å².